The van der Waals surface area contributed by atoms with Crippen LogP contribution in [0.25, 0.3) is 11.3 Å². The lowest BCUT2D eigenvalue weighted by Gasteiger charge is -2.29. The van der Waals surface area contributed by atoms with Crippen molar-refractivity contribution in [1.29, 1.82) is 0 Å². The first-order valence-electron chi connectivity index (χ1n) is 6.83. The van der Waals surface area contributed by atoms with Gasteiger partial charge in [-0.3, -0.25) is 4.79 Å². The number of carbonyl (C=O) groups excluding carboxylic acids is 1. The van der Waals surface area contributed by atoms with Crippen molar-refractivity contribution in [2.75, 3.05) is 13.1 Å². The number of amides is 1. The summed E-state index contributed by atoms with van der Waals surface area (Å²) in [6.07, 6.45) is 2.29. The monoisotopic (exact) mass is 306 g/mol. The summed E-state index contributed by atoms with van der Waals surface area (Å²) in [4.78, 5) is 14.3. The number of likely N-dealkylation sites (tertiary alicyclic amines) is 1. The first-order valence-corrected chi connectivity index (χ1v) is 7.21. The van der Waals surface area contributed by atoms with Gasteiger partial charge < -0.3 is 14.5 Å². The summed E-state index contributed by atoms with van der Waals surface area (Å²) < 4.78 is 5.23. The molecule has 1 fully saturated rings. The molecule has 21 heavy (non-hydrogen) atoms. The summed E-state index contributed by atoms with van der Waals surface area (Å²) in [5.74, 6) is 0.245. The Morgan fingerprint density at radius 2 is 2.05 bits per heavy atom. The Morgan fingerprint density at radius 1 is 1.33 bits per heavy atom. The van der Waals surface area contributed by atoms with Gasteiger partial charge in [0.05, 0.1) is 17.3 Å². The van der Waals surface area contributed by atoms with Crippen LogP contribution in [0.15, 0.2) is 35.0 Å². The zero-order valence-corrected chi connectivity index (χ0v) is 12.1. The van der Waals surface area contributed by atoms with Crippen molar-refractivity contribution in [2.45, 2.75) is 18.9 Å². The fourth-order valence-electron chi connectivity index (χ4n) is 2.47. The largest absolute Gasteiger partial charge is 0.393 e. The molecule has 0 atom stereocenters. The van der Waals surface area contributed by atoms with E-state index in [0.717, 1.165) is 0 Å². The molecular weight excluding hydrogens is 292 g/mol. The van der Waals surface area contributed by atoms with E-state index in [1.165, 1.54) is 6.20 Å². The molecule has 2 heterocycles. The van der Waals surface area contributed by atoms with Crippen LogP contribution in [0.2, 0.25) is 5.02 Å². The van der Waals surface area contributed by atoms with Gasteiger partial charge in [-0.1, -0.05) is 28.9 Å². The Morgan fingerprint density at radius 3 is 2.76 bits per heavy atom. The highest BCUT2D eigenvalue weighted by Gasteiger charge is 2.27. The van der Waals surface area contributed by atoms with E-state index in [-0.39, 0.29) is 12.0 Å². The van der Waals surface area contributed by atoms with Gasteiger partial charge in [0.25, 0.3) is 5.91 Å². The van der Waals surface area contributed by atoms with Gasteiger partial charge in [0.2, 0.25) is 0 Å². The third-order valence-electron chi connectivity index (χ3n) is 3.67. The number of carbonyl (C=O) groups is 1. The van der Waals surface area contributed by atoms with E-state index in [1.54, 1.807) is 17.0 Å². The van der Waals surface area contributed by atoms with Crippen molar-refractivity contribution in [3.05, 3.63) is 41.0 Å². The number of nitrogens with zero attached hydrogens (tertiary/aromatic N) is 2. The van der Waals surface area contributed by atoms with E-state index < -0.39 is 0 Å². The predicted molar refractivity (Wildman–Crippen MR) is 78.1 cm³/mol. The summed E-state index contributed by atoms with van der Waals surface area (Å²) in [6.45, 7) is 1.07. The van der Waals surface area contributed by atoms with E-state index in [4.69, 9.17) is 16.1 Å². The summed E-state index contributed by atoms with van der Waals surface area (Å²) in [5.41, 5.74) is 1.05. The molecule has 1 aromatic heterocycles. The van der Waals surface area contributed by atoms with Crippen LogP contribution in [0.3, 0.4) is 0 Å². The second-order valence-electron chi connectivity index (χ2n) is 5.07. The number of hydrogen-bond acceptors (Lipinski definition) is 4. The van der Waals surface area contributed by atoms with Crippen LogP contribution in [-0.4, -0.2) is 40.3 Å². The molecule has 0 radical (unpaired) electrons. The highest BCUT2D eigenvalue weighted by atomic mass is 35.5. The number of aliphatic hydroxyl groups is 1. The van der Waals surface area contributed by atoms with Gasteiger partial charge in [-0.2, -0.15) is 0 Å². The molecule has 1 saturated heterocycles. The Kier molecular flexibility index (Phi) is 3.94. The normalized spacial score (nSPS) is 16.2. The molecule has 1 N–H and O–H groups in total. The molecule has 0 aliphatic carbocycles. The summed E-state index contributed by atoms with van der Waals surface area (Å²) >= 11 is 6.15. The van der Waals surface area contributed by atoms with Crippen molar-refractivity contribution >= 4 is 17.5 Å². The van der Waals surface area contributed by atoms with Crippen molar-refractivity contribution in [3.63, 3.8) is 0 Å². The van der Waals surface area contributed by atoms with Crippen molar-refractivity contribution < 1.29 is 14.4 Å². The van der Waals surface area contributed by atoms with Gasteiger partial charge in [-0.05, 0) is 25.0 Å². The Hall–Kier alpha value is -1.85. The second-order valence-corrected chi connectivity index (χ2v) is 5.48. The van der Waals surface area contributed by atoms with Crippen LogP contribution in [0.5, 0.6) is 0 Å². The van der Waals surface area contributed by atoms with Crippen LogP contribution in [0.1, 0.15) is 23.2 Å². The molecule has 0 saturated carbocycles. The molecule has 2 aromatic rings. The summed E-state index contributed by atoms with van der Waals surface area (Å²) in [5, 5.41) is 13.8. The maximum atomic E-state index is 12.6. The van der Waals surface area contributed by atoms with Gasteiger partial charge in [-0.15, -0.1) is 0 Å². The van der Waals surface area contributed by atoms with Gasteiger partial charge in [0.15, 0.2) is 5.76 Å². The fourth-order valence-corrected chi connectivity index (χ4v) is 2.69. The first kappa shape index (κ1) is 14.1. The quantitative estimate of drug-likeness (QED) is 0.926. The Labute approximate surface area is 127 Å². The molecule has 6 heteroatoms. The molecule has 0 unspecified atom stereocenters. The van der Waals surface area contributed by atoms with Crippen molar-refractivity contribution in [3.8, 4) is 11.3 Å². The van der Waals surface area contributed by atoms with E-state index in [1.807, 2.05) is 12.1 Å². The average molecular weight is 307 g/mol. The van der Waals surface area contributed by atoms with E-state index in [2.05, 4.69) is 5.16 Å². The molecule has 0 bridgehead atoms. The molecule has 1 aliphatic rings. The number of halogens is 1. The molecule has 1 amide bonds. The third kappa shape index (κ3) is 2.80. The SMILES string of the molecule is O=C(c1cnoc1-c1ccccc1Cl)N1CCC(O)CC1. The zero-order valence-electron chi connectivity index (χ0n) is 11.3. The lowest BCUT2D eigenvalue weighted by Crippen LogP contribution is -2.40. The van der Waals surface area contributed by atoms with Crippen LogP contribution < -0.4 is 0 Å². The molecular formula is C15H15ClN2O3. The van der Waals surface area contributed by atoms with E-state index in [0.29, 0.717) is 47.8 Å². The van der Waals surface area contributed by atoms with Crippen LogP contribution in [0, 0.1) is 0 Å². The second kappa shape index (κ2) is 5.87. The highest BCUT2D eigenvalue weighted by Crippen LogP contribution is 2.31. The molecule has 3 rings (SSSR count). The van der Waals surface area contributed by atoms with E-state index >= 15 is 0 Å². The minimum Gasteiger partial charge on any atom is -0.393 e. The van der Waals surface area contributed by atoms with Gasteiger partial charge in [-0.25, -0.2) is 0 Å². The number of rotatable bonds is 2. The lowest BCUT2D eigenvalue weighted by molar-refractivity contribution is 0.0547. The van der Waals surface area contributed by atoms with Crippen LogP contribution in [0.4, 0.5) is 0 Å². The highest BCUT2D eigenvalue weighted by molar-refractivity contribution is 6.33. The topological polar surface area (TPSA) is 66.6 Å². The summed E-state index contributed by atoms with van der Waals surface area (Å²) in [6, 6.07) is 7.18. The first-order chi connectivity index (χ1) is 10.2. The van der Waals surface area contributed by atoms with Gasteiger partial charge in [0.1, 0.15) is 5.56 Å². The van der Waals surface area contributed by atoms with Crippen molar-refractivity contribution in [1.82, 2.24) is 10.1 Å². The standard InChI is InChI=1S/C15H15ClN2O3/c16-13-4-2-1-3-11(13)14-12(9-17-21-14)15(20)18-7-5-10(19)6-8-18/h1-4,9-10,19H,5-8H2. The number of piperidine rings is 1. The third-order valence-corrected chi connectivity index (χ3v) is 4.00. The van der Waals surface area contributed by atoms with Gasteiger partial charge in [0, 0.05) is 18.7 Å². The number of aromatic nitrogens is 1. The van der Waals surface area contributed by atoms with E-state index in [9.17, 15) is 9.90 Å². The molecule has 1 aromatic carbocycles. The predicted octanol–water partition coefficient (Wildman–Crippen LogP) is 2.59. The number of benzene rings is 1. The zero-order chi connectivity index (χ0) is 14.8. The molecule has 110 valence electrons. The molecule has 0 spiro atoms. The molecule has 1 aliphatic heterocycles. The molecule has 5 nitrogen and oxygen atoms in total. The number of hydrogen-bond donors (Lipinski definition) is 1. The maximum Gasteiger partial charge on any atom is 0.259 e. The van der Waals surface area contributed by atoms with Gasteiger partial charge >= 0.3 is 0 Å². The van der Waals surface area contributed by atoms with Crippen molar-refractivity contribution in [2.24, 2.45) is 0 Å². The fraction of sp³-hybridized carbons (Fsp3) is 0.333. The minimum atomic E-state index is -0.320. The van der Waals surface area contributed by atoms with Crippen LogP contribution in [-0.2, 0) is 0 Å². The maximum absolute atomic E-state index is 12.6. The Balaban J connectivity index is 1.89. The smallest absolute Gasteiger partial charge is 0.259 e. The minimum absolute atomic E-state index is 0.141. The van der Waals surface area contributed by atoms with Crippen LogP contribution >= 0.6 is 11.6 Å². The number of aliphatic hydroxyl groups excluding tert-OH is 1. The summed E-state index contributed by atoms with van der Waals surface area (Å²) in [7, 11) is 0. The average Bonchev–Trinajstić information content (AvgIpc) is 2.97. The lowest BCUT2D eigenvalue weighted by atomic mass is 10.0. The Bertz CT molecular complexity index is 648.